The molecule has 0 saturated carbocycles. The molecule has 0 radical (unpaired) electrons. The number of thiophene rings is 1. The first-order valence-electron chi connectivity index (χ1n) is 12.0. The topological polar surface area (TPSA) is 112 Å². The summed E-state index contributed by atoms with van der Waals surface area (Å²) in [5, 5.41) is 1.48. The van der Waals surface area contributed by atoms with Crippen LogP contribution in [-0.4, -0.2) is 39.4 Å². The van der Waals surface area contributed by atoms with Crippen LogP contribution in [-0.2, 0) is 33.8 Å². The number of esters is 1. The summed E-state index contributed by atoms with van der Waals surface area (Å²) < 4.78 is 11.4. The highest BCUT2D eigenvalue weighted by Gasteiger charge is 2.41. The number of benzene rings is 1. The van der Waals surface area contributed by atoms with Crippen molar-refractivity contribution in [3.8, 4) is 0 Å². The monoisotopic (exact) mass is 571 g/mol. The van der Waals surface area contributed by atoms with Crippen molar-refractivity contribution in [1.29, 1.82) is 0 Å². The van der Waals surface area contributed by atoms with Gasteiger partial charge in [-0.3, -0.25) is 14.5 Å². The third-order valence-corrected chi connectivity index (χ3v) is 8.36. The van der Waals surface area contributed by atoms with Crippen molar-refractivity contribution in [3.63, 3.8) is 0 Å². The molecule has 1 atom stereocenters. The van der Waals surface area contributed by atoms with Gasteiger partial charge in [-0.15, -0.1) is 11.3 Å². The highest BCUT2D eigenvalue weighted by molar-refractivity contribution is 7.99. The van der Waals surface area contributed by atoms with Gasteiger partial charge in [0.2, 0.25) is 0 Å². The van der Waals surface area contributed by atoms with Gasteiger partial charge in [0, 0.05) is 26.9 Å². The van der Waals surface area contributed by atoms with Crippen molar-refractivity contribution >= 4 is 57.5 Å². The van der Waals surface area contributed by atoms with Gasteiger partial charge in [-0.05, 0) is 69.2 Å². The third kappa shape index (κ3) is 5.18. The lowest BCUT2D eigenvalue weighted by Gasteiger charge is -2.26. The van der Waals surface area contributed by atoms with Crippen molar-refractivity contribution in [3.05, 3.63) is 68.2 Å². The molecule has 198 valence electrons. The summed E-state index contributed by atoms with van der Waals surface area (Å²) in [4.78, 5) is 47.4. The Labute approximate surface area is 233 Å². The van der Waals surface area contributed by atoms with E-state index in [4.69, 9.17) is 26.8 Å². The molecule has 38 heavy (non-hydrogen) atoms. The summed E-state index contributed by atoms with van der Waals surface area (Å²) in [7, 11) is 0. The molecule has 0 bridgehead atoms. The molecule has 2 aliphatic heterocycles. The first-order valence-corrected chi connectivity index (χ1v) is 14.0. The van der Waals surface area contributed by atoms with Crippen LogP contribution < -0.4 is 5.73 Å². The van der Waals surface area contributed by atoms with E-state index in [1.54, 1.807) is 32.9 Å². The number of fused-ring (bicyclic) bond motifs is 2. The Morgan fingerprint density at radius 1 is 1.26 bits per heavy atom. The summed E-state index contributed by atoms with van der Waals surface area (Å²) in [5.74, 6) is -1.41. The number of hydrogen-bond acceptors (Lipinski definition) is 9. The molecule has 2 aromatic heterocycles. The molecule has 8 nitrogen and oxygen atoms in total. The maximum absolute atomic E-state index is 13.6. The van der Waals surface area contributed by atoms with Crippen LogP contribution >= 0.6 is 34.7 Å². The molecule has 0 spiro atoms. The van der Waals surface area contributed by atoms with E-state index in [0.717, 1.165) is 21.0 Å². The second kappa shape index (κ2) is 10.00. The van der Waals surface area contributed by atoms with Crippen LogP contribution in [0.1, 0.15) is 63.2 Å². The molecule has 11 heteroatoms. The number of nitrogens with zero attached hydrogens (tertiary/aromatic N) is 2. The van der Waals surface area contributed by atoms with E-state index < -0.39 is 29.5 Å². The summed E-state index contributed by atoms with van der Waals surface area (Å²) in [6.45, 7) is 7.44. The lowest BCUT2D eigenvalue weighted by atomic mass is 10.00. The highest BCUT2D eigenvalue weighted by Crippen LogP contribution is 2.39. The van der Waals surface area contributed by atoms with E-state index in [9.17, 15) is 14.4 Å². The zero-order valence-electron chi connectivity index (χ0n) is 21.3. The number of aryl methyl sites for hydroxylation is 1. The first-order chi connectivity index (χ1) is 17.9. The highest BCUT2D eigenvalue weighted by atomic mass is 35.5. The average Bonchev–Trinajstić information content (AvgIpc) is 3.34. The number of rotatable bonds is 4. The van der Waals surface area contributed by atoms with Crippen LogP contribution in [0.2, 0.25) is 5.02 Å². The number of nitrogens with two attached hydrogens (primary N) is 1. The minimum Gasteiger partial charge on any atom is -0.456 e. The van der Waals surface area contributed by atoms with Crippen molar-refractivity contribution in [2.75, 3.05) is 5.73 Å². The first kappa shape index (κ1) is 26.7. The molecule has 4 heterocycles. The van der Waals surface area contributed by atoms with Crippen LogP contribution in [0.3, 0.4) is 0 Å². The van der Waals surface area contributed by atoms with Gasteiger partial charge in [0.1, 0.15) is 21.7 Å². The maximum atomic E-state index is 13.6. The number of carbonyl (C=O) groups excluding carboxylic acids is 3. The number of anilines is 1. The fourth-order valence-corrected chi connectivity index (χ4v) is 6.62. The van der Waals surface area contributed by atoms with Gasteiger partial charge in [-0.2, -0.15) is 0 Å². The van der Waals surface area contributed by atoms with E-state index in [0.29, 0.717) is 26.2 Å². The summed E-state index contributed by atoms with van der Waals surface area (Å²) in [6, 6.07) is 9.08. The van der Waals surface area contributed by atoms with Crippen LogP contribution in [0.25, 0.3) is 0 Å². The summed E-state index contributed by atoms with van der Waals surface area (Å²) in [5.41, 5.74) is 8.28. The third-order valence-electron chi connectivity index (χ3n) is 6.08. The maximum Gasteiger partial charge on any atom is 0.341 e. The molecular formula is C27H26ClN3O5S2. The molecule has 2 amide bonds. The van der Waals surface area contributed by atoms with Crippen LogP contribution in [0, 0.1) is 6.92 Å². The Balaban J connectivity index is 1.39. The summed E-state index contributed by atoms with van der Waals surface area (Å²) >= 11 is 8.61. The van der Waals surface area contributed by atoms with Gasteiger partial charge in [0.05, 0.1) is 24.3 Å². The van der Waals surface area contributed by atoms with Gasteiger partial charge in [0.25, 0.3) is 11.8 Å². The Kier molecular flexibility index (Phi) is 7.02. The molecule has 2 aliphatic rings. The van der Waals surface area contributed by atoms with Crippen LogP contribution in [0.5, 0.6) is 0 Å². The summed E-state index contributed by atoms with van der Waals surface area (Å²) in [6.07, 6.45) is -0.808. The predicted molar refractivity (Wildman–Crippen MR) is 146 cm³/mol. The minimum absolute atomic E-state index is 0.122. The second-order valence-corrected chi connectivity index (χ2v) is 12.8. The van der Waals surface area contributed by atoms with Gasteiger partial charge in [-0.25, -0.2) is 9.78 Å². The van der Waals surface area contributed by atoms with E-state index in [-0.39, 0.29) is 25.1 Å². The number of hydrogen-bond donors (Lipinski definition) is 1. The average molecular weight is 572 g/mol. The molecular weight excluding hydrogens is 546 g/mol. The van der Waals surface area contributed by atoms with Crippen LogP contribution in [0.15, 0.2) is 40.3 Å². The smallest absolute Gasteiger partial charge is 0.341 e. The number of amides is 2. The van der Waals surface area contributed by atoms with Crippen LogP contribution in [0.4, 0.5) is 5.00 Å². The SMILES string of the molecule is Cc1cc2c(c(Sc3ccc(Cl)cc3)n1)C(=O)N(C(=O)C1Cc3c(sc(N)c3C(=O)OC(C)(C)C)CO1)C2. The van der Waals surface area contributed by atoms with Crippen molar-refractivity contribution < 1.29 is 23.9 Å². The Morgan fingerprint density at radius 3 is 2.66 bits per heavy atom. The number of halogens is 1. The number of nitrogen functional groups attached to an aromatic ring is 1. The largest absolute Gasteiger partial charge is 0.456 e. The lowest BCUT2D eigenvalue weighted by molar-refractivity contribution is -0.142. The Morgan fingerprint density at radius 2 is 1.97 bits per heavy atom. The number of pyridine rings is 1. The van der Waals surface area contributed by atoms with Gasteiger partial charge in [0.15, 0.2) is 0 Å². The standard InChI is InChI=1S/C27H26ClN3O5S2/c1-13-9-14-11-31(25(33)20(14)23(30-13)37-16-7-5-15(28)6-8-16)24(32)18-10-17-19(12-35-18)38-22(29)21(17)26(34)36-27(2,3)4/h5-9,18H,10-12,29H2,1-4H3. The predicted octanol–water partition coefficient (Wildman–Crippen LogP) is 5.42. The molecule has 5 rings (SSSR count). The fraction of sp³-hybridized carbons (Fsp3) is 0.333. The second-order valence-electron chi connectivity index (χ2n) is 10.1. The Bertz CT molecular complexity index is 1460. The van der Waals surface area contributed by atoms with Crippen molar-refractivity contribution in [1.82, 2.24) is 9.88 Å². The fourth-order valence-electron chi connectivity index (χ4n) is 4.48. The van der Waals surface area contributed by atoms with Gasteiger partial charge in [-0.1, -0.05) is 23.4 Å². The van der Waals surface area contributed by atoms with E-state index in [1.807, 2.05) is 25.1 Å². The van der Waals surface area contributed by atoms with Crippen molar-refractivity contribution in [2.45, 2.75) is 68.9 Å². The number of imide groups is 1. The zero-order valence-corrected chi connectivity index (χ0v) is 23.7. The molecule has 0 saturated heterocycles. The Hall–Kier alpha value is -2.92. The number of carbonyl (C=O) groups is 3. The van der Waals surface area contributed by atoms with E-state index in [2.05, 4.69) is 4.98 Å². The lowest BCUT2D eigenvalue weighted by Crippen LogP contribution is -2.43. The number of aromatic nitrogens is 1. The van der Waals surface area contributed by atoms with Gasteiger partial charge < -0.3 is 15.2 Å². The molecule has 0 fully saturated rings. The van der Waals surface area contributed by atoms with Gasteiger partial charge >= 0.3 is 5.97 Å². The molecule has 1 unspecified atom stereocenters. The normalized spacial score (nSPS) is 16.8. The molecule has 0 aliphatic carbocycles. The van der Waals surface area contributed by atoms with E-state index >= 15 is 0 Å². The quantitative estimate of drug-likeness (QED) is 0.326. The van der Waals surface area contributed by atoms with E-state index in [1.165, 1.54) is 28.0 Å². The zero-order chi connectivity index (χ0) is 27.4. The van der Waals surface area contributed by atoms with Crippen molar-refractivity contribution in [2.24, 2.45) is 0 Å². The number of ether oxygens (including phenoxy) is 2. The molecule has 3 aromatic rings. The molecule has 2 N–H and O–H groups in total. The minimum atomic E-state index is -0.933. The molecule has 1 aromatic carbocycles.